The van der Waals surface area contributed by atoms with Crippen molar-refractivity contribution in [2.75, 3.05) is 18.1 Å². The van der Waals surface area contributed by atoms with E-state index in [2.05, 4.69) is 20.3 Å². The summed E-state index contributed by atoms with van der Waals surface area (Å²) < 4.78 is 5.46. The maximum atomic E-state index is 5.79. The van der Waals surface area contributed by atoms with Gasteiger partial charge in [-0.1, -0.05) is 11.6 Å². The van der Waals surface area contributed by atoms with Crippen LogP contribution in [0.5, 0.6) is 11.6 Å². The Morgan fingerprint density at radius 2 is 2.12 bits per heavy atom. The molecule has 2 heterocycles. The number of pyridine rings is 1. The number of hydrogen-bond acceptors (Lipinski definition) is 6. The lowest BCUT2D eigenvalue weighted by Crippen LogP contribution is -2.01. The number of nitrogens with zero attached hydrogens (tertiary/aromatic N) is 3. The zero-order valence-electron chi connectivity index (χ0n) is 9.01. The van der Waals surface area contributed by atoms with Crippen molar-refractivity contribution in [2.24, 2.45) is 0 Å². The SMILES string of the molecule is CNc1cc(Oc2cncc(Cl)c2)nc(N)n1. The Kier molecular flexibility index (Phi) is 3.24. The quantitative estimate of drug-likeness (QED) is 0.867. The van der Waals surface area contributed by atoms with Gasteiger partial charge in [0.2, 0.25) is 11.8 Å². The molecule has 3 N–H and O–H groups in total. The van der Waals surface area contributed by atoms with Crippen molar-refractivity contribution in [3.05, 3.63) is 29.5 Å². The Bertz CT molecular complexity index is 534. The van der Waals surface area contributed by atoms with E-state index in [4.69, 9.17) is 22.1 Å². The topological polar surface area (TPSA) is 86.0 Å². The molecule has 0 saturated heterocycles. The third-order valence-corrected chi connectivity index (χ3v) is 2.08. The summed E-state index contributed by atoms with van der Waals surface area (Å²) in [6.07, 6.45) is 3.05. The molecule has 88 valence electrons. The molecule has 0 unspecified atom stereocenters. The first-order valence-corrected chi connectivity index (χ1v) is 5.16. The Labute approximate surface area is 103 Å². The molecule has 0 bridgehead atoms. The summed E-state index contributed by atoms with van der Waals surface area (Å²) in [7, 11) is 1.73. The van der Waals surface area contributed by atoms with Crippen LogP contribution in [0.4, 0.5) is 11.8 Å². The summed E-state index contributed by atoms with van der Waals surface area (Å²) in [6.45, 7) is 0. The van der Waals surface area contributed by atoms with Crippen LogP contribution in [0.2, 0.25) is 5.02 Å². The minimum atomic E-state index is 0.127. The first kappa shape index (κ1) is 11.4. The predicted molar refractivity (Wildman–Crippen MR) is 65.3 cm³/mol. The van der Waals surface area contributed by atoms with Gasteiger partial charge in [0.05, 0.1) is 11.2 Å². The molecule has 2 rings (SSSR count). The van der Waals surface area contributed by atoms with Crippen molar-refractivity contribution in [2.45, 2.75) is 0 Å². The molecule has 0 spiro atoms. The molecular weight excluding hydrogens is 242 g/mol. The summed E-state index contributed by atoms with van der Waals surface area (Å²) in [5, 5.41) is 3.34. The monoisotopic (exact) mass is 251 g/mol. The second-order valence-corrected chi connectivity index (χ2v) is 3.58. The average Bonchev–Trinajstić information content (AvgIpc) is 2.28. The minimum absolute atomic E-state index is 0.127. The molecule has 0 atom stereocenters. The van der Waals surface area contributed by atoms with Gasteiger partial charge in [0.1, 0.15) is 11.6 Å². The van der Waals surface area contributed by atoms with Crippen LogP contribution >= 0.6 is 11.6 Å². The summed E-state index contributed by atoms with van der Waals surface area (Å²) >= 11 is 5.79. The number of nitrogens with two attached hydrogens (primary N) is 1. The molecule has 0 amide bonds. The van der Waals surface area contributed by atoms with Gasteiger partial charge < -0.3 is 15.8 Å². The van der Waals surface area contributed by atoms with Gasteiger partial charge >= 0.3 is 0 Å². The maximum absolute atomic E-state index is 5.79. The Morgan fingerprint density at radius 1 is 1.29 bits per heavy atom. The number of nitrogen functional groups attached to an aromatic ring is 1. The molecule has 0 aromatic carbocycles. The summed E-state index contributed by atoms with van der Waals surface area (Å²) in [4.78, 5) is 11.8. The predicted octanol–water partition coefficient (Wildman–Crippen LogP) is 1.94. The van der Waals surface area contributed by atoms with E-state index in [0.717, 1.165) is 0 Å². The number of hydrogen-bond donors (Lipinski definition) is 2. The first-order chi connectivity index (χ1) is 8.17. The van der Waals surface area contributed by atoms with Crippen molar-refractivity contribution in [1.29, 1.82) is 0 Å². The van der Waals surface area contributed by atoms with Gasteiger partial charge in [-0.05, 0) is 0 Å². The fourth-order valence-corrected chi connectivity index (χ4v) is 1.36. The second kappa shape index (κ2) is 4.84. The van der Waals surface area contributed by atoms with Gasteiger partial charge in [0.15, 0.2) is 0 Å². The number of anilines is 2. The number of ether oxygens (including phenoxy) is 1. The third-order valence-electron chi connectivity index (χ3n) is 1.88. The lowest BCUT2D eigenvalue weighted by atomic mass is 10.4. The molecule has 7 heteroatoms. The lowest BCUT2D eigenvalue weighted by molar-refractivity contribution is 0.461. The Balaban J connectivity index is 2.26. The summed E-state index contributed by atoms with van der Waals surface area (Å²) in [5.41, 5.74) is 5.53. The molecule has 0 aliphatic carbocycles. The van der Waals surface area contributed by atoms with E-state index >= 15 is 0 Å². The van der Waals surface area contributed by atoms with Gasteiger partial charge in [-0.25, -0.2) is 0 Å². The van der Waals surface area contributed by atoms with Gasteiger partial charge in [-0.15, -0.1) is 0 Å². The van der Waals surface area contributed by atoms with Gasteiger partial charge in [-0.2, -0.15) is 9.97 Å². The molecule has 0 saturated carbocycles. The van der Waals surface area contributed by atoms with Gasteiger partial charge in [0, 0.05) is 25.4 Å². The van der Waals surface area contributed by atoms with Crippen LogP contribution in [-0.2, 0) is 0 Å². The van der Waals surface area contributed by atoms with E-state index in [1.165, 1.54) is 12.4 Å². The molecule has 2 aromatic rings. The third kappa shape index (κ3) is 2.94. The molecule has 2 aromatic heterocycles. The normalized spacial score (nSPS) is 10.0. The standard InChI is InChI=1S/C10H10ClN5O/c1-13-8-3-9(16-10(12)15-8)17-7-2-6(11)4-14-5-7/h2-5H,1H3,(H3,12,13,15,16). The number of rotatable bonds is 3. The number of aromatic nitrogens is 3. The molecule has 0 fully saturated rings. The van der Waals surface area contributed by atoms with E-state index in [9.17, 15) is 0 Å². The van der Waals surface area contributed by atoms with Crippen LogP contribution in [0.15, 0.2) is 24.5 Å². The molecule has 17 heavy (non-hydrogen) atoms. The average molecular weight is 252 g/mol. The maximum Gasteiger partial charge on any atom is 0.226 e. The van der Waals surface area contributed by atoms with Gasteiger partial charge in [-0.3, -0.25) is 4.98 Å². The fourth-order valence-electron chi connectivity index (χ4n) is 1.19. The van der Waals surface area contributed by atoms with Crippen LogP contribution in [0.1, 0.15) is 0 Å². The number of nitrogens with one attached hydrogen (secondary N) is 1. The van der Waals surface area contributed by atoms with Gasteiger partial charge in [0.25, 0.3) is 0 Å². The van der Waals surface area contributed by atoms with Crippen molar-refractivity contribution in [1.82, 2.24) is 15.0 Å². The van der Waals surface area contributed by atoms with Crippen molar-refractivity contribution >= 4 is 23.4 Å². The molecule has 0 radical (unpaired) electrons. The minimum Gasteiger partial charge on any atom is -0.437 e. The number of halogens is 1. The largest absolute Gasteiger partial charge is 0.437 e. The molecule has 6 nitrogen and oxygen atoms in total. The van der Waals surface area contributed by atoms with Crippen molar-refractivity contribution in [3.63, 3.8) is 0 Å². The summed E-state index contributed by atoms with van der Waals surface area (Å²) in [6, 6.07) is 3.25. The highest BCUT2D eigenvalue weighted by Crippen LogP contribution is 2.23. The van der Waals surface area contributed by atoms with E-state index in [1.54, 1.807) is 19.2 Å². The van der Waals surface area contributed by atoms with Crippen LogP contribution < -0.4 is 15.8 Å². The summed E-state index contributed by atoms with van der Waals surface area (Å²) in [5.74, 6) is 1.51. The molecule has 0 aliphatic heterocycles. The molecule has 0 aliphatic rings. The Morgan fingerprint density at radius 3 is 2.82 bits per heavy atom. The fraction of sp³-hybridized carbons (Fsp3) is 0.100. The van der Waals surface area contributed by atoms with Crippen LogP contribution in [0.25, 0.3) is 0 Å². The highest BCUT2D eigenvalue weighted by Gasteiger charge is 2.04. The smallest absolute Gasteiger partial charge is 0.226 e. The van der Waals surface area contributed by atoms with Crippen molar-refractivity contribution < 1.29 is 4.74 Å². The van der Waals surface area contributed by atoms with E-state index in [-0.39, 0.29) is 5.95 Å². The molecular formula is C10H10ClN5O. The lowest BCUT2D eigenvalue weighted by Gasteiger charge is -2.06. The highest BCUT2D eigenvalue weighted by molar-refractivity contribution is 6.30. The zero-order valence-corrected chi connectivity index (χ0v) is 9.77. The zero-order chi connectivity index (χ0) is 12.3. The van der Waals surface area contributed by atoms with Crippen LogP contribution in [0, 0.1) is 0 Å². The van der Waals surface area contributed by atoms with E-state index in [1.807, 2.05) is 0 Å². The van der Waals surface area contributed by atoms with Crippen LogP contribution in [0.3, 0.4) is 0 Å². The van der Waals surface area contributed by atoms with E-state index < -0.39 is 0 Å². The second-order valence-electron chi connectivity index (χ2n) is 3.14. The van der Waals surface area contributed by atoms with Crippen molar-refractivity contribution in [3.8, 4) is 11.6 Å². The van der Waals surface area contributed by atoms with Crippen LogP contribution in [-0.4, -0.2) is 22.0 Å². The van der Waals surface area contributed by atoms with E-state index in [0.29, 0.717) is 22.5 Å². The Hall–Kier alpha value is -2.08. The highest BCUT2D eigenvalue weighted by atomic mass is 35.5. The first-order valence-electron chi connectivity index (χ1n) is 4.78.